The topological polar surface area (TPSA) is 107 Å². The van der Waals surface area contributed by atoms with Crippen LogP contribution < -0.4 is 11.2 Å². The fraction of sp³-hybridized carbons (Fsp3) is 0.556. The zero-order chi connectivity index (χ0) is 12.7. The van der Waals surface area contributed by atoms with Gasteiger partial charge >= 0.3 is 0 Å². The molecule has 0 aliphatic heterocycles. The van der Waals surface area contributed by atoms with E-state index < -0.39 is 16.9 Å². The van der Waals surface area contributed by atoms with Crippen molar-refractivity contribution in [3.05, 3.63) is 27.1 Å². The number of hydrogen-bond donors (Lipinski definition) is 2. The van der Waals surface area contributed by atoms with Crippen LogP contribution in [0.4, 0.5) is 0 Å². The molecule has 1 amide bonds. The van der Waals surface area contributed by atoms with E-state index in [2.05, 4.69) is 16.0 Å². The van der Waals surface area contributed by atoms with Gasteiger partial charge < -0.3 is 5.73 Å². The molecule has 0 aliphatic carbocycles. The molecule has 0 bridgehead atoms. The molecule has 0 heterocycles. The van der Waals surface area contributed by atoms with Gasteiger partial charge in [-0.05, 0) is 6.42 Å². The molecule has 0 fully saturated rings. The predicted octanol–water partition coefficient (Wildman–Crippen LogP) is 0.107. The van der Waals surface area contributed by atoms with Crippen LogP contribution >= 0.6 is 0 Å². The molecule has 0 saturated carbocycles. The maximum Gasteiger partial charge on any atom is 0.275 e. The van der Waals surface area contributed by atoms with Crippen LogP contribution in [0.2, 0.25) is 0 Å². The highest BCUT2D eigenvalue weighted by molar-refractivity contribution is 5.90. The van der Waals surface area contributed by atoms with Crippen LogP contribution in [0, 0.1) is 10.1 Å². The largest absolute Gasteiger partial charge is 0.364 e. The van der Waals surface area contributed by atoms with Gasteiger partial charge in [0, 0.05) is 17.4 Å². The van der Waals surface area contributed by atoms with Crippen molar-refractivity contribution in [1.29, 1.82) is 0 Å². The van der Waals surface area contributed by atoms with Gasteiger partial charge in [0.05, 0.1) is 7.11 Å². The third-order valence-electron chi connectivity index (χ3n) is 1.94. The molecule has 1 atom stereocenters. The van der Waals surface area contributed by atoms with Crippen LogP contribution in [0.15, 0.2) is 17.0 Å². The Bertz CT molecular complexity index is 345. The molecule has 7 heteroatoms. The van der Waals surface area contributed by atoms with Gasteiger partial charge in [0.2, 0.25) is 6.04 Å². The van der Waals surface area contributed by atoms with Crippen molar-refractivity contribution < 1.29 is 14.6 Å². The summed E-state index contributed by atoms with van der Waals surface area (Å²) in [5.41, 5.74) is 10.1. The molecule has 3 N–H and O–H groups in total. The second-order valence-corrected chi connectivity index (χ2v) is 3.01. The SMILES string of the molecule is CCC(=C=C(NOC)C(N)=O)C(C)[N+](=O)[O-]. The standard InChI is InChI=1S/C9H15N3O4/c1-4-7(6(2)12(14)15)5-8(9(10)13)11-16-3/h6,11H,4H2,1-3H3,(H2,10,13). The zero-order valence-electron chi connectivity index (χ0n) is 9.44. The van der Waals surface area contributed by atoms with Crippen LogP contribution in [0.5, 0.6) is 0 Å². The molecule has 0 aromatic carbocycles. The van der Waals surface area contributed by atoms with Crippen molar-refractivity contribution in [3.63, 3.8) is 0 Å². The average Bonchev–Trinajstić information content (AvgIpc) is 2.22. The number of nitro groups is 1. The van der Waals surface area contributed by atoms with Gasteiger partial charge in [-0.1, -0.05) is 12.7 Å². The number of nitrogens with two attached hydrogens (primary N) is 1. The van der Waals surface area contributed by atoms with Crippen LogP contribution in [0.25, 0.3) is 0 Å². The minimum Gasteiger partial charge on any atom is -0.364 e. The summed E-state index contributed by atoms with van der Waals surface area (Å²) in [5, 5.41) is 10.6. The molecular weight excluding hydrogens is 214 g/mol. The smallest absolute Gasteiger partial charge is 0.275 e. The molecule has 0 spiro atoms. The van der Waals surface area contributed by atoms with Crippen molar-refractivity contribution in [2.75, 3.05) is 7.11 Å². The Balaban J connectivity index is 5.35. The van der Waals surface area contributed by atoms with Crippen LogP contribution in [0.3, 0.4) is 0 Å². The number of carbonyl (C=O) groups is 1. The highest BCUT2D eigenvalue weighted by Crippen LogP contribution is 2.08. The van der Waals surface area contributed by atoms with E-state index in [4.69, 9.17) is 5.73 Å². The molecule has 0 rings (SSSR count). The highest BCUT2D eigenvalue weighted by Gasteiger charge is 2.18. The van der Waals surface area contributed by atoms with E-state index in [9.17, 15) is 14.9 Å². The average molecular weight is 229 g/mol. The van der Waals surface area contributed by atoms with Gasteiger partial charge in [-0.2, -0.15) is 0 Å². The number of nitrogens with zero attached hydrogens (tertiary/aromatic N) is 1. The summed E-state index contributed by atoms with van der Waals surface area (Å²) in [5.74, 6) is -0.789. The van der Waals surface area contributed by atoms with Gasteiger partial charge in [0.1, 0.15) is 0 Å². The Morgan fingerprint density at radius 1 is 1.69 bits per heavy atom. The van der Waals surface area contributed by atoms with E-state index in [1.807, 2.05) is 0 Å². The van der Waals surface area contributed by atoms with Gasteiger partial charge in [-0.3, -0.25) is 25.2 Å². The maximum atomic E-state index is 10.9. The molecule has 0 aliphatic rings. The lowest BCUT2D eigenvalue weighted by Crippen LogP contribution is -2.25. The zero-order valence-corrected chi connectivity index (χ0v) is 9.44. The summed E-state index contributed by atoms with van der Waals surface area (Å²) in [6.07, 6.45) is 0.393. The van der Waals surface area contributed by atoms with Gasteiger partial charge in [0.25, 0.3) is 5.91 Å². The summed E-state index contributed by atoms with van der Waals surface area (Å²) in [4.78, 5) is 25.6. The van der Waals surface area contributed by atoms with Gasteiger partial charge in [-0.25, -0.2) is 0 Å². The van der Waals surface area contributed by atoms with Crippen LogP contribution in [-0.4, -0.2) is 24.0 Å². The minimum absolute atomic E-state index is 0.131. The summed E-state index contributed by atoms with van der Waals surface area (Å²) in [6, 6.07) is -0.919. The molecular formula is C9H15N3O4. The Kier molecular flexibility index (Phi) is 5.84. The first-order valence-electron chi connectivity index (χ1n) is 4.66. The van der Waals surface area contributed by atoms with Crippen molar-refractivity contribution >= 4 is 5.91 Å². The van der Waals surface area contributed by atoms with Crippen LogP contribution in [0.1, 0.15) is 20.3 Å². The first-order chi connectivity index (χ1) is 7.43. The van der Waals surface area contributed by atoms with E-state index in [0.29, 0.717) is 12.0 Å². The molecule has 0 saturated heterocycles. The first-order valence-corrected chi connectivity index (χ1v) is 4.66. The molecule has 16 heavy (non-hydrogen) atoms. The molecule has 1 unspecified atom stereocenters. The Morgan fingerprint density at radius 2 is 2.25 bits per heavy atom. The van der Waals surface area contributed by atoms with Crippen LogP contribution in [-0.2, 0) is 9.63 Å². The Hall–Kier alpha value is -1.85. The lowest BCUT2D eigenvalue weighted by Gasteiger charge is -2.05. The fourth-order valence-corrected chi connectivity index (χ4v) is 1.02. The second-order valence-electron chi connectivity index (χ2n) is 3.01. The minimum atomic E-state index is -0.919. The molecule has 7 nitrogen and oxygen atoms in total. The number of hydrogen-bond acceptors (Lipinski definition) is 5. The number of amides is 1. The van der Waals surface area contributed by atoms with E-state index >= 15 is 0 Å². The maximum absolute atomic E-state index is 10.9. The van der Waals surface area contributed by atoms with E-state index in [1.54, 1.807) is 6.92 Å². The number of carbonyl (C=O) groups excluding carboxylic acids is 1. The van der Waals surface area contributed by atoms with Gasteiger partial charge in [-0.15, -0.1) is 0 Å². The number of nitrogens with one attached hydrogen (secondary N) is 1. The molecule has 0 aromatic heterocycles. The number of hydroxylamine groups is 1. The third-order valence-corrected chi connectivity index (χ3v) is 1.94. The number of rotatable bonds is 6. The summed E-state index contributed by atoms with van der Waals surface area (Å²) < 4.78 is 0. The second kappa shape index (κ2) is 6.60. The fourth-order valence-electron chi connectivity index (χ4n) is 1.02. The van der Waals surface area contributed by atoms with Crippen molar-refractivity contribution in [3.8, 4) is 0 Å². The summed E-state index contributed by atoms with van der Waals surface area (Å²) >= 11 is 0. The quantitative estimate of drug-likeness (QED) is 0.291. The molecule has 90 valence electrons. The van der Waals surface area contributed by atoms with E-state index in [0.717, 1.165) is 0 Å². The van der Waals surface area contributed by atoms with Crippen molar-refractivity contribution in [1.82, 2.24) is 5.48 Å². The van der Waals surface area contributed by atoms with E-state index in [1.165, 1.54) is 14.0 Å². The summed E-state index contributed by atoms with van der Waals surface area (Å²) in [7, 11) is 1.30. The lowest BCUT2D eigenvalue weighted by molar-refractivity contribution is -0.507. The monoisotopic (exact) mass is 229 g/mol. The molecule has 0 radical (unpaired) electrons. The van der Waals surface area contributed by atoms with Crippen molar-refractivity contribution in [2.24, 2.45) is 5.73 Å². The molecule has 0 aromatic rings. The summed E-state index contributed by atoms with van der Waals surface area (Å²) in [6.45, 7) is 3.14. The lowest BCUT2D eigenvalue weighted by atomic mass is 10.1. The number of primary amides is 1. The predicted molar refractivity (Wildman–Crippen MR) is 56.6 cm³/mol. The first kappa shape index (κ1) is 14.2. The Labute approximate surface area is 93.1 Å². The van der Waals surface area contributed by atoms with E-state index in [-0.39, 0.29) is 5.70 Å². The highest BCUT2D eigenvalue weighted by atomic mass is 16.6. The Morgan fingerprint density at radius 3 is 2.56 bits per heavy atom. The van der Waals surface area contributed by atoms with Crippen molar-refractivity contribution in [2.45, 2.75) is 26.3 Å². The normalized spacial score (nSPS) is 11.2. The third kappa shape index (κ3) is 4.12. The van der Waals surface area contributed by atoms with Gasteiger partial charge in [0.15, 0.2) is 5.70 Å².